The van der Waals surface area contributed by atoms with Crippen LogP contribution in [0.25, 0.3) is 11.3 Å². The standard InChI is InChI=1S/C18H15Cl2N3O2S2/c1-9(21-10(2)24)11-3-5-12(6-4-11)14-8-26-18(22-14)23-17(25)13-7-15(19)27-16(13)20/h3-9H,1-2H3,(H,21,24)(H,22,23,25). The van der Waals surface area contributed by atoms with Crippen molar-refractivity contribution in [2.75, 3.05) is 5.32 Å². The van der Waals surface area contributed by atoms with Crippen LogP contribution in [0.3, 0.4) is 0 Å². The predicted molar refractivity (Wildman–Crippen MR) is 112 cm³/mol. The SMILES string of the molecule is CC(=O)NC(C)c1ccc(-c2csc(NC(=O)c3cc(Cl)sc3Cl)n2)cc1. The van der Waals surface area contributed by atoms with Crippen LogP contribution in [0.1, 0.15) is 35.8 Å². The van der Waals surface area contributed by atoms with Crippen molar-refractivity contribution in [3.8, 4) is 11.3 Å². The number of nitrogens with one attached hydrogen (secondary N) is 2. The number of thiazole rings is 1. The highest BCUT2D eigenvalue weighted by molar-refractivity contribution is 7.20. The second-order valence-electron chi connectivity index (χ2n) is 5.77. The lowest BCUT2D eigenvalue weighted by molar-refractivity contribution is -0.119. The first kappa shape index (κ1) is 19.8. The predicted octanol–water partition coefficient (Wildman–Crippen LogP) is 5.63. The Morgan fingerprint density at radius 3 is 2.48 bits per heavy atom. The van der Waals surface area contributed by atoms with Crippen LogP contribution in [0.5, 0.6) is 0 Å². The van der Waals surface area contributed by atoms with Crippen LogP contribution in [0.4, 0.5) is 5.13 Å². The Morgan fingerprint density at radius 2 is 1.89 bits per heavy atom. The fourth-order valence-corrected chi connectivity index (χ4v) is 4.63. The van der Waals surface area contributed by atoms with Crippen molar-refractivity contribution in [1.29, 1.82) is 0 Å². The maximum absolute atomic E-state index is 12.3. The first-order valence-electron chi connectivity index (χ1n) is 7.92. The first-order chi connectivity index (χ1) is 12.8. The highest BCUT2D eigenvalue weighted by Crippen LogP contribution is 2.32. The lowest BCUT2D eigenvalue weighted by Gasteiger charge is -2.12. The maximum Gasteiger partial charge on any atom is 0.259 e. The van der Waals surface area contributed by atoms with Gasteiger partial charge in [-0.3, -0.25) is 14.9 Å². The van der Waals surface area contributed by atoms with Crippen LogP contribution in [0.15, 0.2) is 35.7 Å². The molecule has 3 aromatic rings. The van der Waals surface area contributed by atoms with Crippen molar-refractivity contribution in [2.24, 2.45) is 0 Å². The Hall–Kier alpha value is -1.93. The van der Waals surface area contributed by atoms with Crippen molar-refractivity contribution < 1.29 is 9.59 Å². The van der Waals surface area contributed by atoms with Gasteiger partial charge < -0.3 is 5.32 Å². The van der Waals surface area contributed by atoms with E-state index in [1.165, 1.54) is 24.3 Å². The molecule has 0 aliphatic heterocycles. The molecule has 1 atom stereocenters. The van der Waals surface area contributed by atoms with E-state index in [1.807, 2.05) is 36.6 Å². The summed E-state index contributed by atoms with van der Waals surface area (Å²) in [4.78, 5) is 27.9. The monoisotopic (exact) mass is 439 g/mol. The largest absolute Gasteiger partial charge is 0.350 e. The second kappa shape index (κ2) is 8.39. The molecule has 5 nitrogen and oxygen atoms in total. The minimum absolute atomic E-state index is 0.0657. The van der Waals surface area contributed by atoms with E-state index in [0.29, 0.717) is 19.4 Å². The Labute approximate surface area is 174 Å². The minimum atomic E-state index is -0.344. The fraction of sp³-hybridized carbons (Fsp3) is 0.167. The van der Waals surface area contributed by atoms with Crippen molar-refractivity contribution in [3.63, 3.8) is 0 Å². The highest BCUT2D eigenvalue weighted by atomic mass is 35.5. The normalized spacial score (nSPS) is 11.9. The molecule has 2 N–H and O–H groups in total. The van der Waals surface area contributed by atoms with E-state index in [4.69, 9.17) is 23.2 Å². The van der Waals surface area contributed by atoms with E-state index >= 15 is 0 Å². The van der Waals surface area contributed by atoms with Crippen molar-refractivity contribution in [1.82, 2.24) is 10.3 Å². The summed E-state index contributed by atoms with van der Waals surface area (Å²) in [7, 11) is 0. The van der Waals surface area contributed by atoms with Gasteiger partial charge in [-0.2, -0.15) is 0 Å². The number of rotatable bonds is 5. The van der Waals surface area contributed by atoms with E-state index in [0.717, 1.165) is 28.2 Å². The summed E-state index contributed by atoms with van der Waals surface area (Å²) in [6.07, 6.45) is 0. The Kier molecular flexibility index (Phi) is 6.16. The number of aromatic nitrogens is 1. The number of halogens is 2. The first-order valence-corrected chi connectivity index (χ1v) is 10.4. The molecule has 2 heterocycles. The molecule has 0 saturated carbocycles. The zero-order chi connectivity index (χ0) is 19.6. The molecule has 3 rings (SSSR count). The molecule has 0 bridgehead atoms. The smallest absolute Gasteiger partial charge is 0.259 e. The van der Waals surface area contributed by atoms with Gasteiger partial charge in [-0.15, -0.1) is 22.7 Å². The molecule has 2 aromatic heterocycles. The number of hydrogen-bond acceptors (Lipinski definition) is 5. The number of amides is 2. The molecule has 2 amide bonds. The van der Waals surface area contributed by atoms with Gasteiger partial charge in [0, 0.05) is 17.9 Å². The molecule has 9 heteroatoms. The summed E-state index contributed by atoms with van der Waals surface area (Å²) in [5.74, 6) is -0.415. The molecule has 0 spiro atoms. The lowest BCUT2D eigenvalue weighted by Crippen LogP contribution is -2.23. The molecular formula is C18H15Cl2N3O2S2. The average molecular weight is 440 g/mol. The molecule has 0 radical (unpaired) electrons. The number of benzene rings is 1. The topological polar surface area (TPSA) is 71.1 Å². The van der Waals surface area contributed by atoms with Crippen LogP contribution in [0.2, 0.25) is 8.67 Å². The lowest BCUT2D eigenvalue weighted by atomic mass is 10.1. The maximum atomic E-state index is 12.3. The summed E-state index contributed by atoms with van der Waals surface area (Å²) in [6, 6.07) is 9.23. The van der Waals surface area contributed by atoms with Crippen LogP contribution < -0.4 is 10.6 Å². The molecule has 0 fully saturated rings. The second-order valence-corrected chi connectivity index (χ2v) is 8.92. The molecule has 0 aliphatic carbocycles. The number of carbonyl (C=O) groups excluding carboxylic acids is 2. The van der Waals surface area contributed by atoms with Crippen molar-refractivity contribution >= 4 is 62.8 Å². The van der Waals surface area contributed by atoms with E-state index in [1.54, 1.807) is 0 Å². The summed E-state index contributed by atoms with van der Waals surface area (Å²) in [5, 5.41) is 7.93. The molecule has 0 aliphatic rings. The Balaban J connectivity index is 1.71. The van der Waals surface area contributed by atoms with Gasteiger partial charge >= 0.3 is 0 Å². The third-order valence-electron chi connectivity index (χ3n) is 3.75. The average Bonchev–Trinajstić information content (AvgIpc) is 3.20. The summed E-state index contributed by atoms with van der Waals surface area (Å²) < 4.78 is 0.803. The van der Waals surface area contributed by atoms with Gasteiger partial charge in [0.25, 0.3) is 5.91 Å². The van der Waals surface area contributed by atoms with Crippen LogP contribution in [-0.4, -0.2) is 16.8 Å². The molecule has 1 aromatic carbocycles. The Bertz CT molecular complexity index is 983. The van der Waals surface area contributed by atoms with E-state index in [9.17, 15) is 9.59 Å². The van der Waals surface area contributed by atoms with Crippen LogP contribution in [-0.2, 0) is 4.79 Å². The quantitative estimate of drug-likeness (QED) is 0.540. The summed E-state index contributed by atoms with van der Waals surface area (Å²) in [6.45, 7) is 3.42. The van der Waals surface area contributed by atoms with Gasteiger partial charge in [0.05, 0.1) is 21.6 Å². The summed E-state index contributed by atoms with van der Waals surface area (Å²) in [5.41, 5.74) is 3.01. The number of hydrogen-bond donors (Lipinski definition) is 2. The third-order valence-corrected chi connectivity index (χ3v) is 6.00. The van der Waals surface area contributed by atoms with Crippen molar-refractivity contribution in [2.45, 2.75) is 19.9 Å². The van der Waals surface area contributed by atoms with Crippen LogP contribution >= 0.6 is 45.9 Å². The minimum Gasteiger partial charge on any atom is -0.350 e. The number of carbonyl (C=O) groups is 2. The number of anilines is 1. The molecule has 140 valence electrons. The zero-order valence-electron chi connectivity index (χ0n) is 14.4. The molecular weight excluding hydrogens is 425 g/mol. The third kappa shape index (κ3) is 4.87. The molecule has 1 unspecified atom stereocenters. The fourth-order valence-electron chi connectivity index (χ4n) is 2.45. The number of thiophene rings is 1. The van der Waals surface area contributed by atoms with Gasteiger partial charge in [-0.1, -0.05) is 47.5 Å². The number of nitrogens with zero attached hydrogens (tertiary/aromatic N) is 1. The zero-order valence-corrected chi connectivity index (χ0v) is 17.5. The van der Waals surface area contributed by atoms with Gasteiger partial charge in [0.15, 0.2) is 5.13 Å². The van der Waals surface area contributed by atoms with Crippen LogP contribution in [0, 0.1) is 0 Å². The highest BCUT2D eigenvalue weighted by Gasteiger charge is 2.16. The van der Waals surface area contributed by atoms with Gasteiger partial charge in [0.1, 0.15) is 4.34 Å². The van der Waals surface area contributed by atoms with Gasteiger partial charge in [-0.25, -0.2) is 4.98 Å². The summed E-state index contributed by atoms with van der Waals surface area (Å²) >= 11 is 14.4. The van der Waals surface area contributed by atoms with Crippen molar-refractivity contribution in [3.05, 3.63) is 55.5 Å². The van der Waals surface area contributed by atoms with E-state index in [-0.39, 0.29) is 17.9 Å². The molecule has 27 heavy (non-hydrogen) atoms. The van der Waals surface area contributed by atoms with E-state index in [2.05, 4.69) is 15.6 Å². The Morgan fingerprint density at radius 1 is 1.19 bits per heavy atom. The van der Waals surface area contributed by atoms with E-state index < -0.39 is 0 Å². The molecule has 0 saturated heterocycles. The van der Waals surface area contributed by atoms with Gasteiger partial charge in [-0.05, 0) is 18.6 Å². The van der Waals surface area contributed by atoms with Gasteiger partial charge in [0.2, 0.25) is 5.91 Å².